The summed E-state index contributed by atoms with van der Waals surface area (Å²) in [7, 11) is 0. The highest BCUT2D eigenvalue weighted by Gasteiger charge is 2.17. The second kappa shape index (κ2) is 5.71. The topological polar surface area (TPSA) is 44.1 Å². The van der Waals surface area contributed by atoms with Crippen LogP contribution in [0.2, 0.25) is 5.02 Å². The lowest BCUT2D eigenvalue weighted by Gasteiger charge is -2.04. The maximum atomic E-state index is 11.7. The van der Waals surface area contributed by atoms with Crippen molar-refractivity contribution in [1.29, 1.82) is 0 Å². The Hall–Kier alpha value is -1.08. The highest BCUT2D eigenvalue weighted by Crippen LogP contribution is 2.20. The fourth-order valence-electron chi connectivity index (χ4n) is 1.47. The fourth-order valence-corrected chi connectivity index (χ4v) is 2.41. The van der Waals surface area contributed by atoms with Gasteiger partial charge in [-0.05, 0) is 47.7 Å². The van der Waals surface area contributed by atoms with Crippen molar-refractivity contribution in [2.75, 3.05) is 6.61 Å². The number of hydrogen-bond donors (Lipinski definition) is 0. The van der Waals surface area contributed by atoms with Crippen LogP contribution < -0.4 is 0 Å². The number of rotatable bonds is 3. The molecule has 0 bridgehead atoms. The predicted octanol–water partition coefficient (Wildman–Crippen LogP) is 3.31. The molecule has 0 aliphatic heterocycles. The van der Waals surface area contributed by atoms with Crippen molar-refractivity contribution < 1.29 is 9.53 Å². The van der Waals surface area contributed by atoms with Crippen molar-refractivity contribution in [1.82, 2.24) is 9.78 Å². The highest BCUT2D eigenvalue weighted by molar-refractivity contribution is 14.1. The Labute approximate surface area is 123 Å². The molecule has 0 fully saturated rings. The van der Waals surface area contributed by atoms with E-state index in [4.69, 9.17) is 16.3 Å². The van der Waals surface area contributed by atoms with E-state index in [9.17, 15) is 4.79 Å². The van der Waals surface area contributed by atoms with E-state index in [-0.39, 0.29) is 5.97 Å². The Morgan fingerprint density at radius 3 is 3.00 bits per heavy atom. The number of hydrogen-bond acceptors (Lipinski definition) is 3. The largest absolute Gasteiger partial charge is 0.462 e. The molecule has 0 saturated carbocycles. The van der Waals surface area contributed by atoms with E-state index in [1.165, 1.54) is 6.20 Å². The van der Waals surface area contributed by atoms with Gasteiger partial charge in [-0.2, -0.15) is 5.10 Å². The molecule has 2 aromatic rings. The number of halogens is 2. The number of esters is 1. The van der Waals surface area contributed by atoms with E-state index in [0.717, 1.165) is 5.69 Å². The molecule has 0 N–H and O–H groups in total. The van der Waals surface area contributed by atoms with Crippen molar-refractivity contribution in [2.45, 2.75) is 6.92 Å². The molecule has 0 spiro atoms. The summed E-state index contributed by atoms with van der Waals surface area (Å²) in [4.78, 5) is 11.7. The summed E-state index contributed by atoms with van der Waals surface area (Å²) in [6.45, 7) is 2.11. The van der Waals surface area contributed by atoms with E-state index in [1.807, 2.05) is 12.1 Å². The lowest BCUT2D eigenvalue weighted by Crippen LogP contribution is -2.07. The van der Waals surface area contributed by atoms with Gasteiger partial charge < -0.3 is 4.74 Å². The molecule has 0 atom stereocenters. The Kier molecular flexibility index (Phi) is 4.23. The first-order valence-electron chi connectivity index (χ1n) is 5.30. The molecule has 6 heteroatoms. The molecule has 0 aliphatic rings. The summed E-state index contributed by atoms with van der Waals surface area (Å²) in [5, 5.41) is 4.80. The number of aromatic nitrogens is 2. The quantitative estimate of drug-likeness (QED) is 0.610. The number of nitrogens with zero attached hydrogens (tertiary/aromatic N) is 2. The molecule has 1 aromatic carbocycles. The molecule has 2 rings (SSSR count). The number of carbonyl (C=O) groups is 1. The molecule has 94 valence electrons. The van der Waals surface area contributed by atoms with Crippen LogP contribution in [-0.4, -0.2) is 22.4 Å². The van der Waals surface area contributed by atoms with E-state index in [1.54, 1.807) is 23.7 Å². The van der Waals surface area contributed by atoms with Gasteiger partial charge in [-0.1, -0.05) is 17.7 Å². The van der Waals surface area contributed by atoms with Gasteiger partial charge in [-0.25, -0.2) is 9.48 Å². The SMILES string of the molecule is CCOC(=O)c1cnn(-c2cccc(Cl)c2)c1I. The number of carbonyl (C=O) groups excluding carboxylic acids is 1. The van der Waals surface area contributed by atoms with Crippen LogP contribution >= 0.6 is 34.2 Å². The minimum atomic E-state index is -0.366. The molecule has 18 heavy (non-hydrogen) atoms. The average molecular weight is 377 g/mol. The van der Waals surface area contributed by atoms with Crippen LogP contribution in [0.5, 0.6) is 0 Å². The molecular weight excluding hydrogens is 367 g/mol. The standard InChI is InChI=1S/C12H10ClIN2O2/c1-2-18-12(17)10-7-15-16(11(10)14)9-5-3-4-8(13)6-9/h3-7H,2H2,1H3. The number of ether oxygens (including phenoxy) is 1. The molecule has 1 aromatic heterocycles. The maximum Gasteiger partial charge on any atom is 0.342 e. The average Bonchev–Trinajstić information content (AvgIpc) is 2.71. The zero-order chi connectivity index (χ0) is 13.1. The van der Waals surface area contributed by atoms with Gasteiger partial charge in [-0.15, -0.1) is 0 Å². The van der Waals surface area contributed by atoms with Crippen molar-refractivity contribution in [2.24, 2.45) is 0 Å². The van der Waals surface area contributed by atoms with Gasteiger partial charge in [0.25, 0.3) is 0 Å². The van der Waals surface area contributed by atoms with Crippen LogP contribution in [0, 0.1) is 3.70 Å². The zero-order valence-electron chi connectivity index (χ0n) is 9.56. The monoisotopic (exact) mass is 376 g/mol. The van der Waals surface area contributed by atoms with E-state index >= 15 is 0 Å². The molecule has 0 radical (unpaired) electrons. The molecule has 0 amide bonds. The van der Waals surface area contributed by atoms with Gasteiger partial charge in [0.2, 0.25) is 0 Å². The van der Waals surface area contributed by atoms with Crippen LogP contribution in [0.15, 0.2) is 30.5 Å². The van der Waals surface area contributed by atoms with Crippen LogP contribution in [0.1, 0.15) is 17.3 Å². The zero-order valence-corrected chi connectivity index (χ0v) is 12.5. The number of benzene rings is 1. The second-order valence-corrected chi connectivity index (χ2v) is 4.92. The normalized spacial score (nSPS) is 10.4. The lowest BCUT2D eigenvalue weighted by molar-refractivity contribution is 0.0525. The van der Waals surface area contributed by atoms with Crippen molar-refractivity contribution in [3.63, 3.8) is 0 Å². The Morgan fingerprint density at radius 1 is 1.56 bits per heavy atom. The van der Waals surface area contributed by atoms with Gasteiger partial charge in [-0.3, -0.25) is 0 Å². The summed E-state index contributed by atoms with van der Waals surface area (Å²) in [5.41, 5.74) is 1.26. The molecular formula is C12H10ClIN2O2. The first-order valence-corrected chi connectivity index (χ1v) is 6.75. The van der Waals surface area contributed by atoms with Gasteiger partial charge in [0, 0.05) is 5.02 Å². The summed E-state index contributed by atoms with van der Waals surface area (Å²) < 4.78 is 7.31. The van der Waals surface area contributed by atoms with Crippen LogP contribution in [-0.2, 0) is 4.74 Å². The molecule has 4 nitrogen and oxygen atoms in total. The maximum absolute atomic E-state index is 11.7. The first-order chi connectivity index (χ1) is 8.63. The third-order valence-electron chi connectivity index (χ3n) is 2.26. The van der Waals surface area contributed by atoms with Crippen molar-refractivity contribution in [3.8, 4) is 5.69 Å². The second-order valence-electron chi connectivity index (χ2n) is 3.46. The summed E-state index contributed by atoms with van der Waals surface area (Å²) in [5.74, 6) is -0.366. The minimum absolute atomic E-state index is 0.345. The van der Waals surface area contributed by atoms with Crippen molar-refractivity contribution >= 4 is 40.2 Å². The molecule has 0 unspecified atom stereocenters. The summed E-state index contributed by atoms with van der Waals surface area (Å²) >= 11 is 7.99. The third kappa shape index (κ3) is 2.67. The predicted molar refractivity (Wildman–Crippen MR) is 77.2 cm³/mol. The first kappa shape index (κ1) is 13.4. The fraction of sp³-hybridized carbons (Fsp3) is 0.167. The van der Waals surface area contributed by atoms with Gasteiger partial charge in [0.05, 0.1) is 18.5 Å². The molecule has 1 heterocycles. The summed E-state index contributed by atoms with van der Waals surface area (Å²) in [6, 6.07) is 7.27. The summed E-state index contributed by atoms with van der Waals surface area (Å²) in [6.07, 6.45) is 1.50. The molecule has 0 saturated heterocycles. The van der Waals surface area contributed by atoms with Gasteiger partial charge in [0.1, 0.15) is 9.26 Å². The lowest BCUT2D eigenvalue weighted by atomic mass is 10.3. The van der Waals surface area contributed by atoms with E-state index in [2.05, 4.69) is 27.7 Å². The third-order valence-corrected chi connectivity index (χ3v) is 3.53. The van der Waals surface area contributed by atoms with Crippen LogP contribution in [0.4, 0.5) is 0 Å². The van der Waals surface area contributed by atoms with Crippen molar-refractivity contribution in [3.05, 3.63) is 44.7 Å². The van der Waals surface area contributed by atoms with Crippen LogP contribution in [0.3, 0.4) is 0 Å². The van der Waals surface area contributed by atoms with Gasteiger partial charge in [0.15, 0.2) is 0 Å². The Morgan fingerprint density at radius 2 is 2.33 bits per heavy atom. The van der Waals surface area contributed by atoms with E-state index < -0.39 is 0 Å². The van der Waals surface area contributed by atoms with E-state index in [0.29, 0.717) is 20.9 Å². The molecule has 0 aliphatic carbocycles. The Bertz CT molecular complexity index is 583. The smallest absolute Gasteiger partial charge is 0.342 e. The minimum Gasteiger partial charge on any atom is -0.462 e. The van der Waals surface area contributed by atoms with Crippen LogP contribution in [0.25, 0.3) is 5.69 Å². The highest BCUT2D eigenvalue weighted by atomic mass is 127. The Balaban J connectivity index is 2.39. The van der Waals surface area contributed by atoms with Gasteiger partial charge >= 0.3 is 5.97 Å².